The SMILES string of the molecule is Cc1ccc(NC(=O)c2cnc(Nc3ccc(Br)c(C)c3)nc2)cc1. The molecule has 126 valence electrons. The molecule has 2 aromatic carbocycles. The molecule has 0 unspecified atom stereocenters. The molecule has 3 aromatic rings. The molecular weight excluding hydrogens is 380 g/mol. The third-order valence-electron chi connectivity index (χ3n) is 3.64. The van der Waals surface area contributed by atoms with Gasteiger partial charge in [-0.25, -0.2) is 9.97 Å². The molecule has 0 radical (unpaired) electrons. The number of hydrogen-bond acceptors (Lipinski definition) is 4. The number of rotatable bonds is 4. The summed E-state index contributed by atoms with van der Waals surface area (Å²) in [6.45, 7) is 4.01. The summed E-state index contributed by atoms with van der Waals surface area (Å²) in [6, 6.07) is 13.5. The van der Waals surface area contributed by atoms with E-state index in [0.29, 0.717) is 11.5 Å². The van der Waals surface area contributed by atoms with Crippen LogP contribution in [0.3, 0.4) is 0 Å². The number of carbonyl (C=O) groups excluding carboxylic acids is 1. The number of aromatic nitrogens is 2. The van der Waals surface area contributed by atoms with E-state index in [1.54, 1.807) is 0 Å². The fourth-order valence-electron chi connectivity index (χ4n) is 2.20. The Morgan fingerprint density at radius 3 is 2.24 bits per heavy atom. The van der Waals surface area contributed by atoms with Gasteiger partial charge in [-0.1, -0.05) is 33.6 Å². The summed E-state index contributed by atoms with van der Waals surface area (Å²) in [7, 11) is 0. The monoisotopic (exact) mass is 396 g/mol. The fraction of sp³-hybridized carbons (Fsp3) is 0.105. The highest BCUT2D eigenvalue weighted by atomic mass is 79.9. The van der Waals surface area contributed by atoms with Gasteiger partial charge in [0, 0.05) is 28.2 Å². The normalized spacial score (nSPS) is 10.4. The molecule has 2 N–H and O–H groups in total. The lowest BCUT2D eigenvalue weighted by atomic mass is 10.2. The highest BCUT2D eigenvalue weighted by Crippen LogP contribution is 2.21. The van der Waals surface area contributed by atoms with Crippen LogP contribution in [0.4, 0.5) is 17.3 Å². The molecule has 0 aliphatic heterocycles. The summed E-state index contributed by atoms with van der Waals surface area (Å²) in [6.07, 6.45) is 3.01. The van der Waals surface area contributed by atoms with E-state index in [9.17, 15) is 4.79 Å². The second-order valence-corrected chi connectivity index (χ2v) is 6.56. The van der Waals surface area contributed by atoms with Crippen molar-refractivity contribution in [1.29, 1.82) is 0 Å². The van der Waals surface area contributed by atoms with Crippen LogP contribution < -0.4 is 10.6 Å². The van der Waals surface area contributed by atoms with E-state index in [1.807, 2.05) is 56.3 Å². The number of aryl methyl sites for hydroxylation is 2. The minimum atomic E-state index is -0.241. The number of amides is 1. The summed E-state index contributed by atoms with van der Waals surface area (Å²) in [4.78, 5) is 20.7. The number of nitrogens with one attached hydrogen (secondary N) is 2. The zero-order valence-electron chi connectivity index (χ0n) is 13.9. The predicted octanol–water partition coefficient (Wildman–Crippen LogP) is 4.85. The number of carbonyl (C=O) groups is 1. The van der Waals surface area contributed by atoms with E-state index in [4.69, 9.17) is 0 Å². The molecule has 0 saturated heterocycles. The third-order valence-corrected chi connectivity index (χ3v) is 4.53. The van der Waals surface area contributed by atoms with Crippen molar-refractivity contribution in [3.8, 4) is 0 Å². The summed E-state index contributed by atoms with van der Waals surface area (Å²) >= 11 is 3.47. The van der Waals surface area contributed by atoms with E-state index >= 15 is 0 Å². The molecule has 25 heavy (non-hydrogen) atoms. The zero-order chi connectivity index (χ0) is 17.8. The Bertz CT molecular complexity index is 892. The quantitative estimate of drug-likeness (QED) is 0.661. The Morgan fingerprint density at radius 2 is 1.60 bits per heavy atom. The van der Waals surface area contributed by atoms with Crippen molar-refractivity contribution in [2.75, 3.05) is 10.6 Å². The van der Waals surface area contributed by atoms with Gasteiger partial charge in [0.2, 0.25) is 5.95 Å². The number of halogens is 1. The van der Waals surface area contributed by atoms with Crippen LogP contribution in [0, 0.1) is 13.8 Å². The van der Waals surface area contributed by atoms with Crippen molar-refractivity contribution >= 4 is 39.2 Å². The van der Waals surface area contributed by atoms with Gasteiger partial charge in [0.25, 0.3) is 5.91 Å². The zero-order valence-corrected chi connectivity index (χ0v) is 15.5. The van der Waals surface area contributed by atoms with E-state index in [2.05, 4.69) is 36.5 Å². The lowest BCUT2D eigenvalue weighted by molar-refractivity contribution is 0.102. The molecule has 6 heteroatoms. The smallest absolute Gasteiger partial charge is 0.258 e. The van der Waals surface area contributed by atoms with Gasteiger partial charge in [0.1, 0.15) is 0 Å². The summed E-state index contributed by atoms with van der Waals surface area (Å²) in [5.41, 5.74) is 4.28. The molecule has 0 bridgehead atoms. The van der Waals surface area contributed by atoms with Crippen LogP contribution >= 0.6 is 15.9 Å². The van der Waals surface area contributed by atoms with E-state index in [0.717, 1.165) is 27.0 Å². The van der Waals surface area contributed by atoms with Crippen molar-refractivity contribution < 1.29 is 4.79 Å². The van der Waals surface area contributed by atoms with Gasteiger partial charge >= 0.3 is 0 Å². The Morgan fingerprint density at radius 1 is 0.960 bits per heavy atom. The number of anilines is 3. The van der Waals surface area contributed by atoms with Crippen molar-refractivity contribution in [2.45, 2.75) is 13.8 Å². The molecule has 0 spiro atoms. The Balaban J connectivity index is 1.67. The average molecular weight is 397 g/mol. The molecule has 0 aliphatic carbocycles. The van der Waals surface area contributed by atoms with Crippen LogP contribution in [0.5, 0.6) is 0 Å². The molecule has 0 fully saturated rings. The molecule has 1 heterocycles. The van der Waals surface area contributed by atoms with Crippen LogP contribution in [0.25, 0.3) is 0 Å². The van der Waals surface area contributed by atoms with Crippen LogP contribution in [0.1, 0.15) is 21.5 Å². The minimum Gasteiger partial charge on any atom is -0.324 e. The van der Waals surface area contributed by atoms with Crippen molar-refractivity contribution in [3.63, 3.8) is 0 Å². The molecule has 1 amide bonds. The molecular formula is C19H17BrN4O. The van der Waals surface area contributed by atoms with Gasteiger partial charge in [-0.2, -0.15) is 0 Å². The van der Waals surface area contributed by atoms with Crippen LogP contribution in [0.2, 0.25) is 0 Å². The Kier molecular flexibility index (Phi) is 5.09. The Hall–Kier alpha value is -2.73. The van der Waals surface area contributed by atoms with Crippen LogP contribution in [-0.2, 0) is 0 Å². The summed E-state index contributed by atoms with van der Waals surface area (Å²) < 4.78 is 1.04. The van der Waals surface area contributed by atoms with Gasteiger partial charge in [-0.05, 0) is 49.7 Å². The fourth-order valence-corrected chi connectivity index (χ4v) is 2.45. The first-order valence-electron chi connectivity index (χ1n) is 7.74. The standard InChI is InChI=1S/C19H17BrN4O/c1-12-3-5-15(6-4-12)23-18(25)14-10-21-19(22-11-14)24-16-7-8-17(20)13(2)9-16/h3-11H,1-2H3,(H,23,25)(H,21,22,24). The minimum absolute atomic E-state index is 0.241. The number of benzene rings is 2. The van der Waals surface area contributed by atoms with E-state index in [-0.39, 0.29) is 5.91 Å². The second-order valence-electron chi connectivity index (χ2n) is 5.70. The number of nitrogens with zero attached hydrogens (tertiary/aromatic N) is 2. The topological polar surface area (TPSA) is 66.9 Å². The molecule has 0 saturated carbocycles. The van der Waals surface area contributed by atoms with E-state index < -0.39 is 0 Å². The lowest BCUT2D eigenvalue weighted by Crippen LogP contribution is -2.13. The first-order chi connectivity index (χ1) is 12.0. The van der Waals surface area contributed by atoms with E-state index in [1.165, 1.54) is 12.4 Å². The Labute approximate surface area is 154 Å². The molecule has 0 aliphatic rings. The third kappa shape index (κ3) is 4.42. The highest BCUT2D eigenvalue weighted by Gasteiger charge is 2.08. The van der Waals surface area contributed by atoms with Gasteiger partial charge in [-0.15, -0.1) is 0 Å². The maximum atomic E-state index is 12.2. The summed E-state index contributed by atoms with van der Waals surface area (Å²) in [5, 5.41) is 5.94. The molecule has 0 atom stereocenters. The first kappa shape index (κ1) is 17.1. The van der Waals surface area contributed by atoms with Crippen LogP contribution in [-0.4, -0.2) is 15.9 Å². The maximum absolute atomic E-state index is 12.2. The second kappa shape index (κ2) is 7.44. The molecule has 1 aromatic heterocycles. The van der Waals surface area contributed by atoms with Gasteiger partial charge in [0.15, 0.2) is 0 Å². The molecule has 3 rings (SSSR count). The maximum Gasteiger partial charge on any atom is 0.258 e. The summed E-state index contributed by atoms with van der Waals surface area (Å²) in [5.74, 6) is 0.198. The molecule has 5 nitrogen and oxygen atoms in total. The van der Waals surface area contributed by atoms with Crippen molar-refractivity contribution in [1.82, 2.24) is 9.97 Å². The lowest BCUT2D eigenvalue weighted by Gasteiger charge is -2.08. The van der Waals surface area contributed by atoms with Crippen molar-refractivity contribution in [3.05, 3.63) is 76.0 Å². The average Bonchev–Trinajstić information content (AvgIpc) is 2.61. The highest BCUT2D eigenvalue weighted by molar-refractivity contribution is 9.10. The first-order valence-corrected chi connectivity index (χ1v) is 8.54. The predicted molar refractivity (Wildman–Crippen MR) is 103 cm³/mol. The van der Waals surface area contributed by atoms with Gasteiger partial charge in [0.05, 0.1) is 5.56 Å². The number of hydrogen-bond donors (Lipinski definition) is 2. The largest absolute Gasteiger partial charge is 0.324 e. The van der Waals surface area contributed by atoms with Crippen LogP contribution in [0.15, 0.2) is 59.3 Å². The van der Waals surface area contributed by atoms with Crippen molar-refractivity contribution in [2.24, 2.45) is 0 Å². The van der Waals surface area contributed by atoms with Gasteiger partial charge < -0.3 is 10.6 Å². The van der Waals surface area contributed by atoms with Gasteiger partial charge in [-0.3, -0.25) is 4.79 Å².